The Kier molecular flexibility index (Phi) is 5.31. The highest BCUT2D eigenvalue weighted by Gasteiger charge is 2.19. The van der Waals surface area contributed by atoms with Crippen LogP contribution >= 0.6 is 23.1 Å². The molecule has 2 atom stereocenters. The van der Waals surface area contributed by atoms with Gasteiger partial charge in [0.2, 0.25) is 0 Å². The molecule has 2 N–H and O–H groups in total. The first-order chi connectivity index (χ1) is 7.60. The number of nitrogens with one attached hydrogen (secondary N) is 1. The van der Waals surface area contributed by atoms with Crippen molar-refractivity contribution in [3.8, 4) is 0 Å². The van der Waals surface area contributed by atoms with Crippen molar-refractivity contribution in [1.29, 1.82) is 0 Å². The van der Waals surface area contributed by atoms with Crippen LogP contribution in [0.5, 0.6) is 0 Å². The molecule has 0 aliphatic rings. The van der Waals surface area contributed by atoms with Crippen LogP contribution in [0.1, 0.15) is 22.8 Å². The molecule has 0 aromatic carbocycles. The lowest BCUT2D eigenvalue weighted by Gasteiger charge is -2.21. The third-order valence-electron chi connectivity index (χ3n) is 2.50. The summed E-state index contributed by atoms with van der Waals surface area (Å²) in [5, 5.41) is 15.9. The fraction of sp³-hybridized carbons (Fsp3) is 0.545. The van der Waals surface area contributed by atoms with Crippen LogP contribution in [-0.2, 0) is 0 Å². The molecule has 0 unspecified atom stereocenters. The minimum absolute atomic E-state index is 0.0354. The van der Waals surface area contributed by atoms with Crippen molar-refractivity contribution in [2.24, 2.45) is 0 Å². The molecule has 0 fully saturated rings. The van der Waals surface area contributed by atoms with Crippen LogP contribution in [0.15, 0.2) is 10.8 Å². The molecule has 5 heteroatoms. The zero-order valence-electron chi connectivity index (χ0n) is 9.69. The lowest BCUT2D eigenvalue weighted by Crippen LogP contribution is -2.41. The first-order valence-corrected chi connectivity index (χ1v) is 7.30. The van der Waals surface area contributed by atoms with Gasteiger partial charge in [-0.05, 0) is 31.0 Å². The number of amides is 1. The molecule has 1 aromatic heterocycles. The fourth-order valence-electron chi connectivity index (χ4n) is 1.41. The van der Waals surface area contributed by atoms with E-state index in [2.05, 4.69) is 5.32 Å². The number of carbonyl (C=O) groups is 1. The predicted octanol–water partition coefficient (Wildman–Crippen LogP) is 1.90. The molecule has 1 aromatic rings. The summed E-state index contributed by atoms with van der Waals surface area (Å²) in [4.78, 5) is 11.9. The number of aryl methyl sites for hydroxylation is 1. The van der Waals surface area contributed by atoms with Gasteiger partial charge in [-0.25, -0.2) is 0 Å². The second-order valence-corrected chi connectivity index (χ2v) is 5.51. The largest absolute Gasteiger partial charge is 0.395 e. The normalized spacial score (nSPS) is 14.5. The van der Waals surface area contributed by atoms with E-state index >= 15 is 0 Å². The molecule has 0 bridgehead atoms. The van der Waals surface area contributed by atoms with Gasteiger partial charge in [0, 0.05) is 16.7 Å². The molecule has 1 rings (SSSR count). The van der Waals surface area contributed by atoms with Gasteiger partial charge >= 0.3 is 0 Å². The van der Waals surface area contributed by atoms with Crippen molar-refractivity contribution < 1.29 is 9.90 Å². The summed E-state index contributed by atoms with van der Waals surface area (Å²) >= 11 is 3.09. The topological polar surface area (TPSA) is 49.3 Å². The maximum Gasteiger partial charge on any atom is 0.252 e. The van der Waals surface area contributed by atoms with E-state index in [9.17, 15) is 4.79 Å². The number of rotatable bonds is 5. The van der Waals surface area contributed by atoms with E-state index < -0.39 is 0 Å². The summed E-state index contributed by atoms with van der Waals surface area (Å²) in [5.41, 5.74) is 1.73. The van der Waals surface area contributed by atoms with Gasteiger partial charge < -0.3 is 10.4 Å². The summed E-state index contributed by atoms with van der Waals surface area (Å²) < 4.78 is 0. The van der Waals surface area contributed by atoms with Crippen molar-refractivity contribution in [3.63, 3.8) is 0 Å². The molecule has 0 radical (unpaired) electrons. The minimum Gasteiger partial charge on any atom is -0.395 e. The monoisotopic (exact) mass is 259 g/mol. The number of hydrogen-bond acceptors (Lipinski definition) is 4. The maximum absolute atomic E-state index is 11.9. The Morgan fingerprint density at radius 3 is 2.75 bits per heavy atom. The van der Waals surface area contributed by atoms with Gasteiger partial charge in [0.1, 0.15) is 0 Å². The average Bonchev–Trinajstić information content (AvgIpc) is 2.66. The Bertz CT molecular complexity index is 348. The van der Waals surface area contributed by atoms with Crippen LogP contribution < -0.4 is 5.32 Å². The van der Waals surface area contributed by atoms with Gasteiger partial charge in [-0.2, -0.15) is 23.1 Å². The van der Waals surface area contributed by atoms with Gasteiger partial charge in [-0.3, -0.25) is 4.79 Å². The van der Waals surface area contributed by atoms with Crippen LogP contribution in [0.4, 0.5) is 0 Å². The van der Waals surface area contributed by atoms with Crippen molar-refractivity contribution in [1.82, 2.24) is 5.32 Å². The highest BCUT2D eigenvalue weighted by Crippen LogP contribution is 2.15. The number of thioether (sulfide) groups is 1. The van der Waals surface area contributed by atoms with E-state index in [0.29, 0.717) is 0 Å². The molecule has 0 spiro atoms. The smallest absolute Gasteiger partial charge is 0.252 e. The van der Waals surface area contributed by atoms with Gasteiger partial charge in [-0.15, -0.1) is 0 Å². The number of hydrogen-bond donors (Lipinski definition) is 2. The molecular formula is C11H17NO2S2. The third-order valence-corrected chi connectivity index (χ3v) is 4.52. The van der Waals surface area contributed by atoms with E-state index in [4.69, 9.17) is 5.11 Å². The zero-order chi connectivity index (χ0) is 12.1. The van der Waals surface area contributed by atoms with Crippen molar-refractivity contribution in [2.75, 3.05) is 12.9 Å². The van der Waals surface area contributed by atoms with Crippen LogP contribution in [0.3, 0.4) is 0 Å². The Hall–Kier alpha value is -0.520. The molecule has 90 valence electrons. The number of carbonyl (C=O) groups excluding carboxylic acids is 1. The molecule has 0 saturated heterocycles. The fourth-order valence-corrected chi connectivity index (χ4v) is 2.86. The Morgan fingerprint density at radius 1 is 1.62 bits per heavy atom. The van der Waals surface area contributed by atoms with Crippen LogP contribution in [0.2, 0.25) is 0 Å². The van der Waals surface area contributed by atoms with Crippen LogP contribution in [0.25, 0.3) is 0 Å². The summed E-state index contributed by atoms with van der Waals surface area (Å²) in [5.74, 6) is -0.0567. The van der Waals surface area contributed by atoms with E-state index in [1.807, 2.05) is 30.9 Å². The van der Waals surface area contributed by atoms with E-state index in [1.165, 1.54) is 11.3 Å². The number of aliphatic hydroxyl groups excluding tert-OH is 1. The quantitative estimate of drug-likeness (QED) is 0.849. The number of aliphatic hydroxyl groups is 1. The molecule has 0 aliphatic carbocycles. The number of thiophene rings is 1. The van der Waals surface area contributed by atoms with Crippen LogP contribution in [0, 0.1) is 6.92 Å². The summed E-state index contributed by atoms with van der Waals surface area (Å²) in [6.07, 6.45) is 1.93. The predicted molar refractivity (Wildman–Crippen MR) is 70.4 cm³/mol. The lowest BCUT2D eigenvalue weighted by molar-refractivity contribution is 0.0936. The second-order valence-electron chi connectivity index (χ2n) is 3.69. The first kappa shape index (κ1) is 13.5. The Labute approximate surface area is 104 Å². The van der Waals surface area contributed by atoms with E-state index in [0.717, 1.165) is 11.1 Å². The van der Waals surface area contributed by atoms with E-state index in [1.54, 1.807) is 11.8 Å². The molecule has 16 heavy (non-hydrogen) atoms. The Morgan fingerprint density at radius 2 is 2.31 bits per heavy atom. The van der Waals surface area contributed by atoms with Crippen LogP contribution in [-0.4, -0.2) is 35.2 Å². The second kappa shape index (κ2) is 6.27. The van der Waals surface area contributed by atoms with Gasteiger partial charge in [0.25, 0.3) is 5.91 Å². The van der Waals surface area contributed by atoms with Crippen molar-refractivity contribution in [3.05, 3.63) is 21.9 Å². The summed E-state index contributed by atoms with van der Waals surface area (Å²) in [6.45, 7) is 3.91. The molecule has 0 aliphatic heterocycles. The van der Waals surface area contributed by atoms with Crippen molar-refractivity contribution in [2.45, 2.75) is 25.1 Å². The first-order valence-electron chi connectivity index (χ1n) is 5.07. The minimum atomic E-state index is -0.0567. The zero-order valence-corrected chi connectivity index (χ0v) is 11.3. The summed E-state index contributed by atoms with van der Waals surface area (Å²) in [7, 11) is 0. The molecule has 1 heterocycles. The molecular weight excluding hydrogens is 242 g/mol. The molecule has 3 nitrogen and oxygen atoms in total. The lowest BCUT2D eigenvalue weighted by atomic mass is 10.2. The third kappa shape index (κ3) is 3.23. The van der Waals surface area contributed by atoms with E-state index in [-0.39, 0.29) is 23.8 Å². The highest BCUT2D eigenvalue weighted by molar-refractivity contribution is 7.99. The average molecular weight is 259 g/mol. The highest BCUT2D eigenvalue weighted by atomic mass is 32.2. The maximum atomic E-state index is 11.9. The van der Waals surface area contributed by atoms with Gasteiger partial charge in [0.05, 0.1) is 12.2 Å². The summed E-state index contributed by atoms with van der Waals surface area (Å²) in [6, 6.07) is -0.0354. The molecule has 1 amide bonds. The molecule has 0 saturated carbocycles. The SMILES string of the molecule is CS[C@H](CO)[C@@H](C)NC(=O)c1cscc1C. The van der Waals surface area contributed by atoms with Gasteiger partial charge in [-0.1, -0.05) is 0 Å². The van der Waals surface area contributed by atoms with Gasteiger partial charge in [0.15, 0.2) is 0 Å². The standard InChI is InChI=1S/C11H17NO2S2/c1-7-5-16-6-9(7)11(14)12-8(2)10(4-13)15-3/h5-6,8,10,13H,4H2,1-3H3,(H,12,14)/t8-,10-/m1/s1. The van der Waals surface area contributed by atoms with Crippen molar-refractivity contribution >= 4 is 29.0 Å². The Balaban J connectivity index is 2.61.